The van der Waals surface area contributed by atoms with Crippen molar-refractivity contribution in [2.75, 3.05) is 13.1 Å². The van der Waals surface area contributed by atoms with Gasteiger partial charge in [-0.05, 0) is 56.3 Å². The molecular weight excluding hydrogens is 288 g/mol. The normalized spacial score (nSPS) is 34.6. The first kappa shape index (κ1) is 17.2. The first-order chi connectivity index (χ1) is 11.0. The largest absolute Gasteiger partial charge is 0.480 e. The summed E-state index contributed by atoms with van der Waals surface area (Å²) in [5.74, 6) is 1.79. The number of hydrogen-bond donors (Lipinski definition) is 2. The van der Waals surface area contributed by atoms with E-state index in [1.165, 1.54) is 38.5 Å². The molecule has 23 heavy (non-hydrogen) atoms. The van der Waals surface area contributed by atoms with Gasteiger partial charge in [0.25, 0.3) is 0 Å². The predicted octanol–water partition coefficient (Wildman–Crippen LogP) is 3.12. The summed E-state index contributed by atoms with van der Waals surface area (Å²) in [6.07, 6.45) is 10.3. The Labute approximate surface area is 141 Å². The van der Waals surface area contributed by atoms with Crippen molar-refractivity contribution in [2.24, 2.45) is 17.8 Å². The van der Waals surface area contributed by atoms with E-state index < -0.39 is 5.97 Å². The lowest BCUT2D eigenvalue weighted by molar-refractivity contribution is -0.139. The van der Waals surface area contributed by atoms with Crippen LogP contribution in [0.3, 0.4) is 0 Å². The van der Waals surface area contributed by atoms with E-state index in [2.05, 4.69) is 24.1 Å². The van der Waals surface area contributed by atoms with Crippen molar-refractivity contribution in [3.8, 4) is 0 Å². The Bertz CT molecular complexity index is 402. The van der Waals surface area contributed by atoms with E-state index in [4.69, 9.17) is 5.11 Å². The molecule has 2 unspecified atom stereocenters. The van der Waals surface area contributed by atoms with Gasteiger partial charge < -0.3 is 10.4 Å². The molecule has 0 aromatic rings. The quantitative estimate of drug-likeness (QED) is 0.721. The molecule has 0 aromatic heterocycles. The van der Waals surface area contributed by atoms with Crippen LogP contribution >= 0.6 is 0 Å². The van der Waals surface area contributed by atoms with Crippen molar-refractivity contribution in [3.05, 3.63) is 0 Å². The number of hydrogen-bond acceptors (Lipinski definition) is 3. The number of carbonyl (C=O) groups is 1. The van der Waals surface area contributed by atoms with Gasteiger partial charge in [-0.1, -0.05) is 26.7 Å². The van der Waals surface area contributed by atoms with Gasteiger partial charge in [-0.15, -0.1) is 0 Å². The van der Waals surface area contributed by atoms with Gasteiger partial charge in [-0.2, -0.15) is 0 Å². The van der Waals surface area contributed by atoms with Crippen LogP contribution < -0.4 is 5.32 Å². The van der Waals surface area contributed by atoms with E-state index in [1.54, 1.807) is 0 Å². The molecule has 2 atom stereocenters. The highest BCUT2D eigenvalue weighted by Gasteiger charge is 2.38. The molecule has 0 bridgehead atoms. The van der Waals surface area contributed by atoms with E-state index in [-0.39, 0.29) is 6.54 Å². The number of aliphatic carboxylic acids is 1. The topological polar surface area (TPSA) is 52.6 Å². The van der Waals surface area contributed by atoms with Crippen molar-refractivity contribution in [3.63, 3.8) is 0 Å². The molecule has 3 aliphatic rings. The molecule has 132 valence electrons. The van der Waals surface area contributed by atoms with Crippen molar-refractivity contribution in [1.29, 1.82) is 0 Å². The van der Waals surface area contributed by atoms with Crippen molar-refractivity contribution < 1.29 is 9.90 Å². The second-order valence-electron chi connectivity index (χ2n) is 8.62. The highest BCUT2D eigenvalue weighted by molar-refractivity contribution is 5.69. The summed E-state index contributed by atoms with van der Waals surface area (Å²) in [5.41, 5.74) is 0. The first-order valence-electron chi connectivity index (χ1n) is 9.73. The summed E-state index contributed by atoms with van der Waals surface area (Å²) >= 11 is 0. The van der Waals surface area contributed by atoms with Crippen LogP contribution in [-0.2, 0) is 4.79 Å². The Kier molecular flexibility index (Phi) is 5.63. The van der Waals surface area contributed by atoms with Crippen LogP contribution in [0.25, 0.3) is 0 Å². The molecule has 0 radical (unpaired) electrons. The molecule has 3 saturated carbocycles. The molecule has 3 rings (SSSR count). The lowest BCUT2D eigenvalue weighted by Crippen LogP contribution is -2.56. The number of nitrogens with zero attached hydrogens (tertiary/aromatic N) is 1. The summed E-state index contributed by atoms with van der Waals surface area (Å²) in [6, 6.07) is 1.80. The fourth-order valence-electron chi connectivity index (χ4n) is 4.49. The van der Waals surface area contributed by atoms with Gasteiger partial charge in [-0.25, -0.2) is 0 Å². The maximum absolute atomic E-state index is 11.1. The fourth-order valence-corrected chi connectivity index (χ4v) is 4.49. The van der Waals surface area contributed by atoms with Gasteiger partial charge in [0.15, 0.2) is 0 Å². The molecule has 0 amide bonds. The van der Waals surface area contributed by atoms with Crippen LogP contribution in [0, 0.1) is 17.8 Å². The zero-order chi connectivity index (χ0) is 16.4. The number of carboxylic acid groups (broad SMARTS) is 1. The standard InChI is InChI=1S/C19H34N2O2/c1-13(2)15-4-3-5-16(8-15)20-17-9-18(10-17)21(12-19(22)23)11-14-6-7-14/h13-18,20H,3-12H2,1-2H3,(H,22,23). The molecule has 2 N–H and O–H groups in total. The van der Waals surface area contributed by atoms with E-state index in [1.807, 2.05) is 0 Å². The van der Waals surface area contributed by atoms with E-state index in [9.17, 15) is 4.79 Å². The monoisotopic (exact) mass is 322 g/mol. The zero-order valence-electron chi connectivity index (χ0n) is 14.8. The van der Waals surface area contributed by atoms with Crippen LogP contribution in [0.15, 0.2) is 0 Å². The molecule has 0 heterocycles. The van der Waals surface area contributed by atoms with Gasteiger partial charge >= 0.3 is 5.97 Å². The molecule has 0 spiro atoms. The third-order valence-corrected chi connectivity index (χ3v) is 6.29. The van der Waals surface area contributed by atoms with Gasteiger partial charge in [-0.3, -0.25) is 9.69 Å². The number of nitrogens with one attached hydrogen (secondary N) is 1. The van der Waals surface area contributed by atoms with Gasteiger partial charge in [0.2, 0.25) is 0 Å². The Morgan fingerprint density at radius 2 is 1.87 bits per heavy atom. The molecule has 0 saturated heterocycles. The smallest absolute Gasteiger partial charge is 0.317 e. The summed E-state index contributed by atoms with van der Waals surface area (Å²) < 4.78 is 0. The molecular formula is C19H34N2O2. The molecule has 4 nitrogen and oxygen atoms in total. The average molecular weight is 322 g/mol. The van der Waals surface area contributed by atoms with E-state index >= 15 is 0 Å². The summed E-state index contributed by atoms with van der Waals surface area (Å²) in [4.78, 5) is 13.3. The Hall–Kier alpha value is -0.610. The summed E-state index contributed by atoms with van der Waals surface area (Å²) in [7, 11) is 0. The number of carboxylic acids is 1. The van der Waals surface area contributed by atoms with Crippen LogP contribution in [0.4, 0.5) is 0 Å². The van der Waals surface area contributed by atoms with Crippen LogP contribution in [0.1, 0.15) is 65.2 Å². The predicted molar refractivity (Wildman–Crippen MR) is 92.5 cm³/mol. The molecule has 0 aliphatic heterocycles. The molecule has 4 heteroatoms. The molecule has 3 fully saturated rings. The van der Waals surface area contributed by atoms with Crippen molar-refractivity contribution in [1.82, 2.24) is 10.2 Å². The van der Waals surface area contributed by atoms with Gasteiger partial charge in [0.05, 0.1) is 6.54 Å². The van der Waals surface area contributed by atoms with Gasteiger partial charge in [0, 0.05) is 24.7 Å². The Balaban J connectivity index is 1.41. The Morgan fingerprint density at radius 3 is 2.48 bits per heavy atom. The van der Waals surface area contributed by atoms with Crippen LogP contribution in [0.2, 0.25) is 0 Å². The van der Waals surface area contributed by atoms with Gasteiger partial charge in [0.1, 0.15) is 0 Å². The van der Waals surface area contributed by atoms with E-state index in [0.717, 1.165) is 37.1 Å². The third kappa shape index (κ3) is 4.93. The second kappa shape index (κ2) is 7.52. The van der Waals surface area contributed by atoms with E-state index in [0.29, 0.717) is 18.1 Å². The number of rotatable bonds is 8. The highest BCUT2D eigenvalue weighted by Crippen LogP contribution is 2.35. The third-order valence-electron chi connectivity index (χ3n) is 6.29. The highest BCUT2D eigenvalue weighted by atomic mass is 16.4. The minimum atomic E-state index is -0.672. The zero-order valence-corrected chi connectivity index (χ0v) is 14.8. The first-order valence-corrected chi connectivity index (χ1v) is 9.73. The Morgan fingerprint density at radius 1 is 1.13 bits per heavy atom. The summed E-state index contributed by atoms with van der Waals surface area (Å²) in [5, 5.41) is 13.0. The summed E-state index contributed by atoms with van der Waals surface area (Å²) in [6.45, 7) is 5.94. The van der Waals surface area contributed by atoms with Crippen molar-refractivity contribution >= 4 is 5.97 Å². The maximum atomic E-state index is 11.1. The fraction of sp³-hybridized carbons (Fsp3) is 0.947. The SMILES string of the molecule is CC(C)C1CCCC(NC2CC(N(CC(=O)O)CC3CC3)C2)C1. The average Bonchev–Trinajstić information content (AvgIpc) is 3.25. The lowest BCUT2D eigenvalue weighted by atomic mass is 9.77. The van der Waals surface area contributed by atoms with Crippen LogP contribution in [-0.4, -0.2) is 47.2 Å². The second-order valence-corrected chi connectivity index (χ2v) is 8.62. The lowest BCUT2D eigenvalue weighted by Gasteiger charge is -2.45. The maximum Gasteiger partial charge on any atom is 0.317 e. The minimum Gasteiger partial charge on any atom is -0.480 e. The molecule has 0 aromatic carbocycles. The van der Waals surface area contributed by atoms with Crippen LogP contribution in [0.5, 0.6) is 0 Å². The minimum absolute atomic E-state index is 0.229. The molecule has 3 aliphatic carbocycles. The van der Waals surface area contributed by atoms with Crippen molar-refractivity contribution in [2.45, 2.75) is 83.3 Å².